The molecule has 0 radical (unpaired) electrons. The molecule has 2 amide bonds. The highest BCUT2D eigenvalue weighted by Gasteiger charge is 2.33. The summed E-state index contributed by atoms with van der Waals surface area (Å²) in [6, 6.07) is 4.90. The Kier molecular flexibility index (Phi) is 3.24. The molecule has 0 spiro atoms. The Balaban J connectivity index is 2.43. The summed E-state index contributed by atoms with van der Waals surface area (Å²) in [5, 5.41) is 11.3. The number of piperazine rings is 1. The standard InChI is InChI=1S/C12H12N4O2/c1-2-9-12(18)15-11(17)7-16(9)10-4-3-5-14-8(10)6-13/h3-5,9H,2,7H2,1H3,(H,15,17,18). The normalized spacial score (nSPS) is 19.3. The summed E-state index contributed by atoms with van der Waals surface area (Å²) >= 11 is 0. The minimum absolute atomic E-state index is 0.0601. The Bertz CT molecular complexity index is 535. The Morgan fingerprint density at radius 3 is 3.06 bits per heavy atom. The molecule has 92 valence electrons. The number of nitrogens with one attached hydrogen (secondary N) is 1. The van der Waals surface area contributed by atoms with Crippen molar-refractivity contribution < 1.29 is 9.59 Å². The number of imide groups is 1. The van der Waals surface area contributed by atoms with Gasteiger partial charge in [0.1, 0.15) is 12.1 Å². The largest absolute Gasteiger partial charge is 0.348 e. The molecule has 1 N–H and O–H groups in total. The smallest absolute Gasteiger partial charge is 0.249 e. The first-order valence-corrected chi connectivity index (χ1v) is 5.62. The van der Waals surface area contributed by atoms with Crippen molar-refractivity contribution in [1.82, 2.24) is 10.3 Å². The highest BCUT2D eigenvalue weighted by atomic mass is 16.2. The summed E-state index contributed by atoms with van der Waals surface area (Å²) in [7, 11) is 0. The van der Waals surface area contributed by atoms with Crippen LogP contribution in [0.2, 0.25) is 0 Å². The molecule has 1 saturated heterocycles. The number of rotatable bonds is 2. The van der Waals surface area contributed by atoms with E-state index in [-0.39, 0.29) is 24.1 Å². The van der Waals surface area contributed by atoms with Crippen molar-refractivity contribution in [3.8, 4) is 6.07 Å². The third-order valence-electron chi connectivity index (χ3n) is 2.84. The molecular weight excluding hydrogens is 232 g/mol. The lowest BCUT2D eigenvalue weighted by atomic mass is 10.1. The molecule has 1 aliphatic heterocycles. The maximum Gasteiger partial charge on any atom is 0.249 e. The van der Waals surface area contributed by atoms with E-state index in [1.807, 2.05) is 13.0 Å². The van der Waals surface area contributed by atoms with Gasteiger partial charge in [-0.15, -0.1) is 0 Å². The molecule has 6 heteroatoms. The van der Waals surface area contributed by atoms with E-state index in [1.54, 1.807) is 17.0 Å². The summed E-state index contributed by atoms with van der Waals surface area (Å²) in [6.07, 6.45) is 2.06. The zero-order valence-corrected chi connectivity index (χ0v) is 9.88. The van der Waals surface area contributed by atoms with Crippen molar-refractivity contribution in [2.45, 2.75) is 19.4 Å². The quantitative estimate of drug-likeness (QED) is 0.751. The average Bonchev–Trinajstić information content (AvgIpc) is 2.38. The predicted octanol–water partition coefficient (Wildman–Crippen LogP) is 0.195. The minimum Gasteiger partial charge on any atom is -0.348 e. The zero-order chi connectivity index (χ0) is 13.1. The lowest BCUT2D eigenvalue weighted by Gasteiger charge is -2.35. The third kappa shape index (κ3) is 2.02. The number of hydrogen-bond donors (Lipinski definition) is 1. The minimum atomic E-state index is -0.445. The van der Waals surface area contributed by atoms with Crippen molar-refractivity contribution in [3.63, 3.8) is 0 Å². The molecule has 1 aliphatic rings. The van der Waals surface area contributed by atoms with Crippen molar-refractivity contribution in [1.29, 1.82) is 5.26 Å². The number of nitriles is 1. The first-order chi connectivity index (χ1) is 8.67. The second-order valence-electron chi connectivity index (χ2n) is 3.95. The third-order valence-corrected chi connectivity index (χ3v) is 2.84. The number of hydrogen-bond acceptors (Lipinski definition) is 5. The highest BCUT2D eigenvalue weighted by molar-refractivity contribution is 6.04. The summed E-state index contributed by atoms with van der Waals surface area (Å²) in [5.74, 6) is -0.695. The van der Waals surface area contributed by atoms with Crippen LogP contribution in [0.25, 0.3) is 0 Å². The zero-order valence-electron chi connectivity index (χ0n) is 9.88. The lowest BCUT2D eigenvalue weighted by molar-refractivity contribution is -0.132. The molecule has 2 heterocycles. The molecule has 1 atom stereocenters. The summed E-state index contributed by atoms with van der Waals surface area (Å²) in [5.41, 5.74) is 0.744. The summed E-state index contributed by atoms with van der Waals surface area (Å²) < 4.78 is 0. The topological polar surface area (TPSA) is 86.1 Å². The molecule has 0 aliphatic carbocycles. The molecular formula is C12H12N4O2. The van der Waals surface area contributed by atoms with Crippen molar-refractivity contribution in [2.24, 2.45) is 0 Å². The van der Waals surface area contributed by atoms with E-state index in [9.17, 15) is 9.59 Å². The van der Waals surface area contributed by atoms with Gasteiger partial charge in [0.15, 0.2) is 5.69 Å². The van der Waals surface area contributed by atoms with E-state index in [0.717, 1.165) is 0 Å². The van der Waals surface area contributed by atoms with Crippen LogP contribution in [-0.4, -0.2) is 29.4 Å². The van der Waals surface area contributed by atoms with E-state index in [2.05, 4.69) is 10.3 Å². The second kappa shape index (κ2) is 4.84. The number of aromatic nitrogens is 1. The van der Waals surface area contributed by atoms with Gasteiger partial charge in [0.05, 0.1) is 12.2 Å². The monoisotopic (exact) mass is 244 g/mol. The van der Waals surface area contributed by atoms with Crippen LogP contribution in [0.5, 0.6) is 0 Å². The molecule has 0 aromatic carbocycles. The fourth-order valence-electron chi connectivity index (χ4n) is 2.04. The first kappa shape index (κ1) is 12.0. The number of nitrogens with zero attached hydrogens (tertiary/aromatic N) is 3. The average molecular weight is 244 g/mol. The second-order valence-corrected chi connectivity index (χ2v) is 3.95. The van der Waals surface area contributed by atoms with E-state index in [0.29, 0.717) is 12.1 Å². The Hall–Kier alpha value is -2.42. The fraction of sp³-hybridized carbons (Fsp3) is 0.333. The van der Waals surface area contributed by atoms with Gasteiger partial charge < -0.3 is 4.90 Å². The summed E-state index contributed by atoms with van der Waals surface area (Å²) in [4.78, 5) is 28.8. The van der Waals surface area contributed by atoms with Gasteiger partial charge in [-0.2, -0.15) is 5.26 Å². The van der Waals surface area contributed by atoms with Crippen LogP contribution in [0.3, 0.4) is 0 Å². The van der Waals surface area contributed by atoms with Gasteiger partial charge in [-0.3, -0.25) is 14.9 Å². The SMILES string of the molecule is CCC1C(=O)NC(=O)CN1c1cccnc1C#N. The van der Waals surface area contributed by atoms with Crippen molar-refractivity contribution in [3.05, 3.63) is 24.0 Å². The Labute approximate surface area is 104 Å². The Morgan fingerprint density at radius 2 is 2.39 bits per heavy atom. The van der Waals surface area contributed by atoms with Gasteiger partial charge in [-0.1, -0.05) is 6.92 Å². The number of anilines is 1. The van der Waals surface area contributed by atoms with E-state index in [1.165, 1.54) is 6.20 Å². The first-order valence-electron chi connectivity index (χ1n) is 5.62. The number of amides is 2. The van der Waals surface area contributed by atoms with Crippen LogP contribution in [0.4, 0.5) is 5.69 Å². The van der Waals surface area contributed by atoms with Gasteiger partial charge in [0, 0.05) is 6.20 Å². The number of pyridine rings is 1. The predicted molar refractivity (Wildman–Crippen MR) is 63.5 cm³/mol. The maximum absolute atomic E-state index is 11.7. The number of carbonyl (C=O) groups is 2. The van der Waals surface area contributed by atoms with Crippen LogP contribution in [0.15, 0.2) is 18.3 Å². The van der Waals surface area contributed by atoms with Crippen molar-refractivity contribution in [2.75, 3.05) is 11.4 Å². The number of carbonyl (C=O) groups excluding carboxylic acids is 2. The molecule has 2 rings (SSSR count). The highest BCUT2D eigenvalue weighted by Crippen LogP contribution is 2.23. The molecule has 1 aromatic rings. The molecule has 1 fully saturated rings. The van der Waals surface area contributed by atoms with Gasteiger partial charge in [-0.25, -0.2) is 4.98 Å². The van der Waals surface area contributed by atoms with Gasteiger partial charge in [0.2, 0.25) is 11.8 Å². The molecule has 18 heavy (non-hydrogen) atoms. The molecule has 1 aromatic heterocycles. The molecule has 1 unspecified atom stereocenters. The molecule has 0 bridgehead atoms. The van der Waals surface area contributed by atoms with Gasteiger partial charge in [-0.05, 0) is 18.6 Å². The lowest BCUT2D eigenvalue weighted by Crippen LogP contribution is -2.58. The molecule has 0 saturated carbocycles. The van der Waals surface area contributed by atoms with Gasteiger partial charge in [0.25, 0.3) is 0 Å². The van der Waals surface area contributed by atoms with Crippen LogP contribution in [0, 0.1) is 11.3 Å². The van der Waals surface area contributed by atoms with Crippen LogP contribution in [-0.2, 0) is 9.59 Å². The van der Waals surface area contributed by atoms with Crippen molar-refractivity contribution >= 4 is 17.5 Å². The molecule has 6 nitrogen and oxygen atoms in total. The van der Waals surface area contributed by atoms with E-state index >= 15 is 0 Å². The van der Waals surface area contributed by atoms with E-state index in [4.69, 9.17) is 5.26 Å². The Morgan fingerprint density at radius 1 is 1.61 bits per heavy atom. The van der Waals surface area contributed by atoms with E-state index < -0.39 is 6.04 Å². The fourth-order valence-corrected chi connectivity index (χ4v) is 2.04. The van der Waals surface area contributed by atoms with Crippen LogP contribution < -0.4 is 10.2 Å². The van der Waals surface area contributed by atoms with Gasteiger partial charge >= 0.3 is 0 Å². The maximum atomic E-state index is 11.7. The van der Waals surface area contributed by atoms with Crippen LogP contribution >= 0.6 is 0 Å². The van der Waals surface area contributed by atoms with Crippen LogP contribution in [0.1, 0.15) is 19.0 Å². The summed E-state index contributed by atoms with van der Waals surface area (Å²) in [6.45, 7) is 1.92.